The molecule has 0 aromatic heterocycles. The number of rotatable bonds is 8. The van der Waals surface area contributed by atoms with Crippen LogP contribution in [0.25, 0.3) is 0 Å². The van der Waals surface area contributed by atoms with Crippen molar-refractivity contribution in [3.05, 3.63) is 11.6 Å². The van der Waals surface area contributed by atoms with Gasteiger partial charge in [0.15, 0.2) is 5.78 Å². The number of hydrogen-bond donors (Lipinski definition) is 2. The fourth-order valence-electron chi connectivity index (χ4n) is 8.67. The summed E-state index contributed by atoms with van der Waals surface area (Å²) in [5.41, 5.74) is 0.501. The van der Waals surface area contributed by atoms with Crippen LogP contribution >= 0.6 is 0 Å². The molecule has 0 aliphatic heterocycles. The summed E-state index contributed by atoms with van der Waals surface area (Å²) in [6.07, 6.45) is 15.3. The molecule has 0 spiro atoms. The van der Waals surface area contributed by atoms with Crippen molar-refractivity contribution >= 4 is 11.8 Å². The molecule has 0 heterocycles. The summed E-state index contributed by atoms with van der Waals surface area (Å²) in [5, 5.41) is 21.0. The molecule has 4 heteroatoms. The van der Waals surface area contributed by atoms with Gasteiger partial charge in [-0.1, -0.05) is 52.0 Å². The molecule has 4 rings (SSSR count). The first-order valence-electron chi connectivity index (χ1n) is 13.3. The van der Waals surface area contributed by atoms with Crippen LogP contribution in [-0.4, -0.2) is 27.6 Å². The van der Waals surface area contributed by atoms with Crippen LogP contribution in [0.5, 0.6) is 0 Å². The van der Waals surface area contributed by atoms with Crippen molar-refractivity contribution in [2.45, 2.75) is 116 Å². The molecule has 4 nitrogen and oxygen atoms in total. The second-order valence-electron chi connectivity index (χ2n) is 12.1. The number of carboxylic acids is 1. The van der Waals surface area contributed by atoms with Crippen LogP contribution in [0.15, 0.2) is 11.6 Å². The van der Waals surface area contributed by atoms with Crippen molar-refractivity contribution < 1.29 is 19.8 Å². The van der Waals surface area contributed by atoms with E-state index in [1.54, 1.807) is 0 Å². The summed E-state index contributed by atoms with van der Waals surface area (Å²) in [7, 11) is 0. The minimum atomic E-state index is -0.854. The summed E-state index contributed by atoms with van der Waals surface area (Å²) in [6.45, 7) is 6.95. The Bertz CT molecular complexity index is 771. The zero-order valence-electron chi connectivity index (χ0n) is 20.5. The highest BCUT2D eigenvalue weighted by atomic mass is 16.4. The molecule has 3 saturated carbocycles. The maximum absolute atomic E-state index is 12.3. The van der Waals surface area contributed by atoms with Gasteiger partial charge in [0.1, 0.15) is 0 Å². The molecule has 180 valence electrons. The molecule has 7 atom stereocenters. The van der Waals surface area contributed by atoms with Gasteiger partial charge < -0.3 is 10.2 Å². The molecule has 0 unspecified atom stereocenters. The molecule has 0 aromatic carbocycles. The van der Waals surface area contributed by atoms with Crippen molar-refractivity contribution in [1.82, 2.24) is 0 Å². The van der Waals surface area contributed by atoms with Crippen molar-refractivity contribution in [3.63, 3.8) is 0 Å². The lowest BCUT2D eigenvalue weighted by Crippen LogP contribution is -2.57. The average Bonchev–Trinajstić information content (AvgIpc) is 3.02. The predicted molar refractivity (Wildman–Crippen MR) is 126 cm³/mol. The van der Waals surface area contributed by atoms with Gasteiger partial charge in [-0.05, 0) is 91.9 Å². The van der Waals surface area contributed by atoms with Gasteiger partial charge in [0, 0.05) is 12.8 Å². The average molecular weight is 445 g/mol. The molecule has 2 N–H and O–H groups in total. The highest BCUT2D eigenvalue weighted by Crippen LogP contribution is 2.69. The van der Waals surface area contributed by atoms with Crippen LogP contribution in [-0.2, 0) is 9.59 Å². The fourth-order valence-corrected chi connectivity index (χ4v) is 8.67. The van der Waals surface area contributed by atoms with E-state index in [-0.39, 0.29) is 17.3 Å². The van der Waals surface area contributed by atoms with Gasteiger partial charge >= 0.3 is 5.97 Å². The minimum absolute atomic E-state index is 0.0556. The van der Waals surface area contributed by atoms with E-state index in [4.69, 9.17) is 0 Å². The van der Waals surface area contributed by atoms with Crippen LogP contribution in [0.4, 0.5) is 0 Å². The number of carbonyl (C=O) groups is 2. The van der Waals surface area contributed by atoms with Crippen LogP contribution in [0.2, 0.25) is 0 Å². The largest absolute Gasteiger partial charge is 0.481 e. The first kappa shape index (κ1) is 24.0. The molecule has 32 heavy (non-hydrogen) atoms. The van der Waals surface area contributed by atoms with Crippen LogP contribution in [0, 0.1) is 34.5 Å². The Hall–Kier alpha value is -1.16. The second-order valence-corrected chi connectivity index (χ2v) is 12.1. The number of hydrogen-bond acceptors (Lipinski definition) is 3. The van der Waals surface area contributed by atoms with Crippen LogP contribution < -0.4 is 0 Å². The highest BCUT2D eigenvalue weighted by molar-refractivity contribution is 5.91. The number of unbranched alkanes of at least 4 members (excludes halogenated alkanes) is 3. The van der Waals surface area contributed by atoms with Crippen molar-refractivity contribution in [3.8, 4) is 0 Å². The zero-order chi connectivity index (χ0) is 23.1. The van der Waals surface area contributed by atoms with Gasteiger partial charge in [0.25, 0.3) is 0 Å². The van der Waals surface area contributed by atoms with Crippen molar-refractivity contribution in [2.24, 2.45) is 34.5 Å². The molecule has 0 radical (unpaired) electrons. The van der Waals surface area contributed by atoms with E-state index in [2.05, 4.69) is 20.8 Å². The highest BCUT2D eigenvalue weighted by Gasteiger charge is 2.65. The van der Waals surface area contributed by atoms with E-state index in [9.17, 15) is 19.8 Å². The van der Waals surface area contributed by atoms with Crippen LogP contribution in [0.3, 0.4) is 0 Å². The summed E-state index contributed by atoms with van der Waals surface area (Å²) in [6, 6.07) is 0. The van der Waals surface area contributed by atoms with Gasteiger partial charge in [-0.3, -0.25) is 9.59 Å². The van der Waals surface area contributed by atoms with E-state index >= 15 is 0 Å². The number of fused-ring (bicyclic) bond motifs is 5. The van der Waals surface area contributed by atoms with E-state index < -0.39 is 11.6 Å². The lowest BCUT2D eigenvalue weighted by atomic mass is 9.43. The minimum Gasteiger partial charge on any atom is -0.481 e. The number of aliphatic hydroxyl groups is 1. The number of ketones is 1. The number of aliphatic carboxylic acids is 1. The van der Waals surface area contributed by atoms with Crippen molar-refractivity contribution in [1.29, 1.82) is 0 Å². The molecule has 3 fully saturated rings. The Labute approximate surface area is 194 Å². The zero-order valence-corrected chi connectivity index (χ0v) is 20.5. The molecule has 0 aromatic rings. The maximum atomic E-state index is 12.3. The van der Waals surface area contributed by atoms with E-state index in [1.807, 2.05) is 6.08 Å². The Morgan fingerprint density at radius 2 is 1.84 bits per heavy atom. The third kappa shape index (κ3) is 3.89. The molecule has 0 bridgehead atoms. The fraction of sp³-hybridized carbons (Fsp3) is 0.857. The topological polar surface area (TPSA) is 74.6 Å². The standard InChI is InChI=1S/C28H44O4/c1-4-5-6-7-8-19-17-20-18-21(29)9-13-26(20,2)22-10-14-27(3)23(25(19)22)11-15-28(27,32)16-12-24(30)31/h18-19,22-23,25,32H,4-17H2,1-3H3,(H,30,31)/t19-,22+,23+,25-,26+,27+,28+/m1/s1. The number of carbonyl (C=O) groups excluding carboxylic acids is 1. The van der Waals surface area contributed by atoms with E-state index in [1.165, 1.54) is 37.7 Å². The Morgan fingerprint density at radius 3 is 2.56 bits per heavy atom. The summed E-state index contributed by atoms with van der Waals surface area (Å²) < 4.78 is 0. The Balaban J connectivity index is 1.64. The molecular weight excluding hydrogens is 400 g/mol. The van der Waals surface area contributed by atoms with Crippen LogP contribution in [0.1, 0.15) is 111 Å². The lowest BCUT2D eigenvalue weighted by molar-refractivity contribution is -0.152. The maximum Gasteiger partial charge on any atom is 0.303 e. The summed E-state index contributed by atoms with van der Waals surface area (Å²) in [5.74, 6) is 1.74. The molecular formula is C28H44O4. The molecule has 4 aliphatic carbocycles. The van der Waals surface area contributed by atoms with Crippen molar-refractivity contribution in [2.75, 3.05) is 0 Å². The van der Waals surface area contributed by atoms with Gasteiger partial charge in [-0.25, -0.2) is 0 Å². The summed E-state index contributed by atoms with van der Waals surface area (Å²) in [4.78, 5) is 23.6. The normalized spacial score (nSPS) is 43.2. The molecule has 0 amide bonds. The van der Waals surface area contributed by atoms with Gasteiger partial charge in [0.05, 0.1) is 5.60 Å². The SMILES string of the molecule is CCCCCC[C@@H]1CC2=CC(=O)CC[C@]2(C)[C@H]2CC[C@@]3(C)[C@@H](CC[C@]3(O)CCC(=O)O)[C@H]12. The lowest BCUT2D eigenvalue weighted by Gasteiger charge is -2.61. The number of allylic oxidation sites excluding steroid dienone is 1. The third-order valence-electron chi connectivity index (χ3n) is 10.6. The molecule has 4 aliphatic rings. The predicted octanol–water partition coefficient (Wildman–Crippen LogP) is 6.31. The van der Waals surface area contributed by atoms with Gasteiger partial charge in [-0.2, -0.15) is 0 Å². The third-order valence-corrected chi connectivity index (χ3v) is 10.6. The van der Waals surface area contributed by atoms with E-state index in [0.29, 0.717) is 42.3 Å². The Morgan fingerprint density at radius 1 is 1.09 bits per heavy atom. The smallest absolute Gasteiger partial charge is 0.303 e. The second kappa shape index (κ2) is 8.89. The van der Waals surface area contributed by atoms with E-state index in [0.717, 1.165) is 38.5 Å². The monoisotopic (exact) mass is 444 g/mol. The first-order chi connectivity index (χ1) is 15.1. The molecule has 0 saturated heterocycles. The quantitative estimate of drug-likeness (QED) is 0.430. The number of carboxylic acid groups (broad SMARTS) is 1. The summed E-state index contributed by atoms with van der Waals surface area (Å²) >= 11 is 0. The first-order valence-corrected chi connectivity index (χ1v) is 13.3. The van der Waals surface area contributed by atoms with Gasteiger partial charge in [-0.15, -0.1) is 0 Å². The van der Waals surface area contributed by atoms with Gasteiger partial charge in [0.2, 0.25) is 0 Å². The Kier molecular flexibility index (Phi) is 6.66.